The molecule has 1 aromatic heterocycles. The van der Waals surface area contributed by atoms with Crippen LogP contribution in [0.4, 0.5) is 8.78 Å². The van der Waals surface area contributed by atoms with Crippen LogP contribution in [0.3, 0.4) is 0 Å². The lowest BCUT2D eigenvalue weighted by Crippen LogP contribution is -2.05. The third-order valence-corrected chi connectivity index (χ3v) is 4.01. The van der Waals surface area contributed by atoms with Gasteiger partial charge in [0.05, 0.1) is 11.8 Å². The summed E-state index contributed by atoms with van der Waals surface area (Å²) in [5.74, 6) is -1.26. The second-order valence-electron chi connectivity index (χ2n) is 5.24. The van der Waals surface area contributed by atoms with Crippen LogP contribution in [-0.4, -0.2) is 10.1 Å². The molecule has 2 aromatic rings. The Morgan fingerprint density at radius 3 is 2.71 bits per heavy atom. The summed E-state index contributed by atoms with van der Waals surface area (Å²) in [5, 5.41) is 10.4. The average Bonchev–Trinajstić information content (AvgIpc) is 2.61. The van der Waals surface area contributed by atoms with Gasteiger partial charge in [0.1, 0.15) is 16.8 Å². The first-order chi connectivity index (χ1) is 10.1. The van der Waals surface area contributed by atoms with Crippen LogP contribution in [0, 0.1) is 11.6 Å². The van der Waals surface area contributed by atoms with Crippen molar-refractivity contribution in [3.63, 3.8) is 0 Å². The summed E-state index contributed by atoms with van der Waals surface area (Å²) in [7, 11) is 0. The number of rotatable bonds is 1. The van der Waals surface area contributed by atoms with E-state index in [1.165, 1.54) is 12.1 Å². The monoisotopic (exact) mass is 309 g/mol. The van der Waals surface area contributed by atoms with Crippen LogP contribution >= 0.6 is 11.6 Å². The molecule has 1 N–H and O–H groups in total. The molecule has 110 valence electrons. The summed E-state index contributed by atoms with van der Waals surface area (Å²) in [4.78, 5) is 4.21. The zero-order valence-corrected chi connectivity index (χ0v) is 12.0. The van der Waals surface area contributed by atoms with Crippen molar-refractivity contribution in [3.05, 3.63) is 52.3 Å². The Labute approximate surface area is 126 Å². The highest BCUT2D eigenvalue weighted by Crippen LogP contribution is 2.36. The van der Waals surface area contributed by atoms with E-state index in [2.05, 4.69) is 4.98 Å². The number of aliphatic hydroxyl groups excluding tert-OH is 1. The standard InChI is InChI=1S/C16H14ClF2NO/c17-15-8-12(10-6-5-9(18)7-13(10)19)11-3-1-2-4-14(21)16(11)20-15/h5-8,14,21H,1-4H2. The Balaban J connectivity index is 2.23. The quantitative estimate of drug-likeness (QED) is 0.624. The van der Waals surface area contributed by atoms with E-state index in [-0.39, 0.29) is 10.7 Å². The lowest BCUT2D eigenvalue weighted by molar-refractivity contribution is 0.162. The Kier molecular flexibility index (Phi) is 3.91. The lowest BCUT2D eigenvalue weighted by atomic mass is 9.95. The van der Waals surface area contributed by atoms with Crippen molar-refractivity contribution in [2.24, 2.45) is 0 Å². The smallest absolute Gasteiger partial charge is 0.133 e. The molecule has 1 aliphatic carbocycles. The molecular formula is C16H14ClF2NO. The van der Waals surface area contributed by atoms with Crippen molar-refractivity contribution in [2.75, 3.05) is 0 Å². The molecule has 21 heavy (non-hydrogen) atoms. The number of halogens is 3. The van der Waals surface area contributed by atoms with E-state index in [1.54, 1.807) is 6.07 Å². The van der Waals surface area contributed by atoms with E-state index in [0.29, 0.717) is 24.1 Å². The number of hydrogen-bond acceptors (Lipinski definition) is 2. The van der Waals surface area contributed by atoms with Crippen LogP contribution in [0.25, 0.3) is 11.1 Å². The molecule has 5 heteroatoms. The van der Waals surface area contributed by atoms with Crippen LogP contribution in [0.5, 0.6) is 0 Å². The van der Waals surface area contributed by atoms with Crippen molar-refractivity contribution in [2.45, 2.75) is 31.8 Å². The van der Waals surface area contributed by atoms with Gasteiger partial charge in [-0.2, -0.15) is 0 Å². The Hall–Kier alpha value is -1.52. The zero-order chi connectivity index (χ0) is 15.0. The Morgan fingerprint density at radius 2 is 1.95 bits per heavy atom. The minimum atomic E-state index is -0.691. The first-order valence-electron chi connectivity index (χ1n) is 6.89. The van der Waals surface area contributed by atoms with E-state index in [4.69, 9.17) is 11.6 Å². The summed E-state index contributed by atoms with van der Waals surface area (Å²) < 4.78 is 27.2. The maximum Gasteiger partial charge on any atom is 0.133 e. The summed E-state index contributed by atoms with van der Waals surface area (Å²) in [5.41, 5.74) is 2.18. The molecule has 1 aromatic carbocycles. The minimum Gasteiger partial charge on any atom is -0.387 e. The molecular weight excluding hydrogens is 296 g/mol. The number of pyridine rings is 1. The molecule has 1 unspecified atom stereocenters. The maximum absolute atomic E-state index is 14.1. The van der Waals surface area contributed by atoms with Crippen molar-refractivity contribution in [3.8, 4) is 11.1 Å². The molecule has 0 saturated heterocycles. The number of hydrogen-bond donors (Lipinski definition) is 1. The second-order valence-corrected chi connectivity index (χ2v) is 5.63. The Morgan fingerprint density at radius 1 is 1.14 bits per heavy atom. The highest BCUT2D eigenvalue weighted by atomic mass is 35.5. The third kappa shape index (κ3) is 2.78. The first kappa shape index (κ1) is 14.4. The normalized spacial score (nSPS) is 18.2. The van der Waals surface area contributed by atoms with E-state index >= 15 is 0 Å². The third-order valence-electron chi connectivity index (χ3n) is 3.82. The fraction of sp³-hybridized carbons (Fsp3) is 0.312. The fourth-order valence-corrected chi connectivity index (χ4v) is 3.02. The molecule has 1 heterocycles. The topological polar surface area (TPSA) is 33.1 Å². The molecule has 0 fully saturated rings. The van der Waals surface area contributed by atoms with Gasteiger partial charge in [0.25, 0.3) is 0 Å². The number of fused-ring (bicyclic) bond motifs is 1. The summed E-state index contributed by atoms with van der Waals surface area (Å²) in [6, 6.07) is 5.04. The van der Waals surface area contributed by atoms with E-state index < -0.39 is 17.7 Å². The maximum atomic E-state index is 14.1. The largest absolute Gasteiger partial charge is 0.387 e. The molecule has 1 atom stereocenters. The molecule has 0 radical (unpaired) electrons. The number of nitrogens with zero attached hydrogens (tertiary/aromatic N) is 1. The molecule has 1 aliphatic rings. The fourth-order valence-electron chi connectivity index (χ4n) is 2.82. The molecule has 0 spiro atoms. The van der Waals surface area contributed by atoms with Crippen LogP contribution in [0.2, 0.25) is 5.15 Å². The van der Waals surface area contributed by atoms with Gasteiger partial charge in [-0.15, -0.1) is 0 Å². The van der Waals surface area contributed by atoms with Gasteiger partial charge in [0, 0.05) is 11.6 Å². The highest BCUT2D eigenvalue weighted by Gasteiger charge is 2.23. The molecule has 0 bridgehead atoms. The van der Waals surface area contributed by atoms with Crippen LogP contribution in [0.1, 0.15) is 36.6 Å². The lowest BCUT2D eigenvalue weighted by Gasteiger charge is -2.16. The van der Waals surface area contributed by atoms with E-state index in [9.17, 15) is 13.9 Å². The Bertz CT molecular complexity index is 690. The molecule has 0 amide bonds. The molecule has 0 saturated carbocycles. The van der Waals surface area contributed by atoms with Gasteiger partial charge in [0.2, 0.25) is 0 Å². The summed E-state index contributed by atoms with van der Waals surface area (Å²) >= 11 is 6.02. The van der Waals surface area contributed by atoms with Gasteiger partial charge in [-0.25, -0.2) is 13.8 Å². The molecule has 2 nitrogen and oxygen atoms in total. The summed E-state index contributed by atoms with van der Waals surface area (Å²) in [6.07, 6.45) is 2.39. The number of benzene rings is 1. The van der Waals surface area contributed by atoms with Gasteiger partial charge in [-0.1, -0.05) is 18.0 Å². The first-order valence-corrected chi connectivity index (χ1v) is 7.27. The minimum absolute atomic E-state index is 0.202. The van der Waals surface area contributed by atoms with E-state index in [1.807, 2.05) is 0 Å². The van der Waals surface area contributed by atoms with Crippen molar-refractivity contribution in [1.82, 2.24) is 4.98 Å². The van der Waals surface area contributed by atoms with E-state index in [0.717, 1.165) is 24.5 Å². The van der Waals surface area contributed by atoms with Crippen molar-refractivity contribution >= 4 is 11.6 Å². The second kappa shape index (κ2) is 5.70. The van der Waals surface area contributed by atoms with Crippen LogP contribution in [-0.2, 0) is 6.42 Å². The SMILES string of the molecule is OC1CCCCc2c(-c3ccc(F)cc3F)cc(Cl)nc21. The predicted molar refractivity (Wildman–Crippen MR) is 77.1 cm³/mol. The molecule has 0 aliphatic heterocycles. The van der Waals surface area contributed by atoms with Crippen LogP contribution in [0.15, 0.2) is 24.3 Å². The van der Waals surface area contributed by atoms with Gasteiger partial charge >= 0.3 is 0 Å². The highest BCUT2D eigenvalue weighted by molar-refractivity contribution is 6.29. The van der Waals surface area contributed by atoms with Crippen LogP contribution < -0.4 is 0 Å². The van der Waals surface area contributed by atoms with Gasteiger partial charge in [-0.3, -0.25) is 0 Å². The van der Waals surface area contributed by atoms with Crippen molar-refractivity contribution < 1.29 is 13.9 Å². The predicted octanol–water partition coefficient (Wildman–Crippen LogP) is 4.44. The van der Waals surface area contributed by atoms with Gasteiger partial charge < -0.3 is 5.11 Å². The van der Waals surface area contributed by atoms with Crippen molar-refractivity contribution in [1.29, 1.82) is 0 Å². The molecule has 3 rings (SSSR count). The zero-order valence-electron chi connectivity index (χ0n) is 11.2. The number of aromatic nitrogens is 1. The number of aliphatic hydroxyl groups is 1. The average molecular weight is 310 g/mol. The van der Waals surface area contributed by atoms with Gasteiger partial charge in [-0.05, 0) is 48.6 Å². The summed E-state index contributed by atoms with van der Waals surface area (Å²) in [6.45, 7) is 0. The van der Waals surface area contributed by atoms with Gasteiger partial charge in [0.15, 0.2) is 0 Å².